The van der Waals surface area contributed by atoms with Crippen molar-refractivity contribution in [2.75, 3.05) is 36.6 Å². The zero-order valence-corrected chi connectivity index (χ0v) is 17.8. The van der Waals surface area contributed by atoms with Gasteiger partial charge in [-0.05, 0) is 43.2 Å². The molecule has 0 radical (unpaired) electrons. The Morgan fingerprint density at radius 3 is 2.57 bits per heavy atom. The molecule has 0 saturated carbocycles. The van der Waals surface area contributed by atoms with E-state index >= 15 is 0 Å². The second-order valence-electron chi connectivity index (χ2n) is 6.79. The number of fused-ring (bicyclic) bond motifs is 1. The van der Waals surface area contributed by atoms with Gasteiger partial charge in [0.1, 0.15) is 12.3 Å². The lowest BCUT2D eigenvalue weighted by molar-refractivity contribution is -0.123. The Bertz CT molecular complexity index is 918. The fourth-order valence-corrected chi connectivity index (χ4v) is 3.10. The Labute approximate surface area is 180 Å². The summed E-state index contributed by atoms with van der Waals surface area (Å²) in [6.07, 6.45) is 1.73. The molecule has 1 aliphatic heterocycles. The van der Waals surface area contributed by atoms with E-state index in [0.717, 1.165) is 12.8 Å². The molecule has 0 fully saturated rings. The number of hydrogen-bond acceptors (Lipinski definition) is 5. The van der Waals surface area contributed by atoms with Gasteiger partial charge in [-0.3, -0.25) is 14.5 Å². The largest absolute Gasteiger partial charge is 0.490 e. The molecule has 1 aliphatic rings. The first-order chi connectivity index (χ1) is 14.5. The average molecular weight is 433 g/mol. The van der Waals surface area contributed by atoms with E-state index in [1.807, 2.05) is 13.8 Å². The number of rotatable bonds is 9. The maximum absolute atomic E-state index is 12.7. The molecule has 3 rings (SSSR count). The van der Waals surface area contributed by atoms with Gasteiger partial charge in [0.05, 0.1) is 18.9 Å². The van der Waals surface area contributed by atoms with Gasteiger partial charge in [-0.15, -0.1) is 0 Å². The topological polar surface area (TPSA) is 77.1 Å². The second kappa shape index (κ2) is 10.2. The molecular weight excluding hydrogens is 408 g/mol. The van der Waals surface area contributed by atoms with E-state index in [1.54, 1.807) is 36.4 Å². The van der Waals surface area contributed by atoms with Crippen molar-refractivity contribution in [2.24, 2.45) is 0 Å². The van der Waals surface area contributed by atoms with E-state index in [2.05, 4.69) is 5.32 Å². The quantitative estimate of drug-likeness (QED) is 0.639. The molecule has 2 amide bonds. The summed E-state index contributed by atoms with van der Waals surface area (Å²) in [5, 5.41) is 3.27. The minimum absolute atomic E-state index is 0.125. The van der Waals surface area contributed by atoms with Crippen LogP contribution in [0, 0.1) is 0 Å². The fraction of sp³-hybridized carbons (Fsp3) is 0.364. The zero-order chi connectivity index (χ0) is 21.5. The van der Waals surface area contributed by atoms with Crippen LogP contribution in [-0.4, -0.2) is 38.2 Å². The number of anilines is 2. The summed E-state index contributed by atoms with van der Waals surface area (Å²) >= 11 is 6.05. The highest BCUT2D eigenvalue weighted by molar-refractivity contribution is 6.31. The average Bonchev–Trinajstić information content (AvgIpc) is 2.73. The highest BCUT2D eigenvalue weighted by atomic mass is 35.5. The second-order valence-corrected chi connectivity index (χ2v) is 7.22. The van der Waals surface area contributed by atoms with Crippen LogP contribution in [-0.2, 0) is 9.59 Å². The van der Waals surface area contributed by atoms with Crippen LogP contribution < -0.4 is 24.4 Å². The minimum Gasteiger partial charge on any atom is -0.490 e. The number of ether oxygens (including phenoxy) is 3. The Kier molecular flexibility index (Phi) is 7.41. The SMILES string of the molecule is CCCOc1ccc(NC(=O)CN2C(=O)COc3ccc(Cl)cc32)cc1OCCC. The Hall–Kier alpha value is -2.93. The molecular formula is C22H25ClN2O5. The molecule has 160 valence electrons. The van der Waals surface area contributed by atoms with Gasteiger partial charge in [-0.1, -0.05) is 25.4 Å². The first-order valence-corrected chi connectivity index (χ1v) is 10.3. The van der Waals surface area contributed by atoms with Crippen LogP contribution in [0.4, 0.5) is 11.4 Å². The van der Waals surface area contributed by atoms with Crippen LogP contribution in [0.3, 0.4) is 0 Å². The van der Waals surface area contributed by atoms with Crippen molar-refractivity contribution < 1.29 is 23.8 Å². The van der Waals surface area contributed by atoms with Gasteiger partial charge in [0.15, 0.2) is 18.1 Å². The van der Waals surface area contributed by atoms with Crippen LogP contribution in [0.25, 0.3) is 0 Å². The molecule has 0 unspecified atom stereocenters. The van der Waals surface area contributed by atoms with Crippen molar-refractivity contribution in [2.45, 2.75) is 26.7 Å². The Morgan fingerprint density at radius 2 is 1.83 bits per heavy atom. The zero-order valence-electron chi connectivity index (χ0n) is 17.1. The maximum Gasteiger partial charge on any atom is 0.265 e. The Balaban J connectivity index is 1.73. The summed E-state index contributed by atoms with van der Waals surface area (Å²) in [7, 11) is 0. The monoisotopic (exact) mass is 432 g/mol. The standard InChI is InChI=1S/C22H25ClN2O5/c1-3-9-28-19-8-6-16(12-20(19)29-10-4-2)24-21(26)13-25-17-11-15(23)5-7-18(17)30-14-22(25)27/h5-8,11-12H,3-4,9-10,13-14H2,1-2H3,(H,24,26). The van der Waals surface area contributed by atoms with Crippen molar-refractivity contribution in [1.82, 2.24) is 0 Å². The van der Waals surface area contributed by atoms with Gasteiger partial charge < -0.3 is 19.5 Å². The number of carbonyl (C=O) groups is 2. The highest BCUT2D eigenvalue weighted by Gasteiger charge is 2.27. The van der Waals surface area contributed by atoms with E-state index in [-0.39, 0.29) is 25.0 Å². The molecule has 0 aromatic heterocycles. The van der Waals surface area contributed by atoms with E-state index in [4.69, 9.17) is 25.8 Å². The van der Waals surface area contributed by atoms with Gasteiger partial charge in [-0.25, -0.2) is 0 Å². The van der Waals surface area contributed by atoms with E-state index in [9.17, 15) is 9.59 Å². The smallest absolute Gasteiger partial charge is 0.265 e. The predicted octanol–water partition coefficient (Wildman–Crippen LogP) is 4.28. The van der Waals surface area contributed by atoms with Gasteiger partial charge in [-0.2, -0.15) is 0 Å². The number of nitrogens with one attached hydrogen (secondary N) is 1. The van der Waals surface area contributed by atoms with Crippen molar-refractivity contribution in [1.29, 1.82) is 0 Å². The summed E-state index contributed by atoms with van der Waals surface area (Å²) in [6, 6.07) is 10.2. The molecule has 2 aromatic rings. The first kappa shape index (κ1) is 21.8. The molecule has 0 bridgehead atoms. The molecule has 0 saturated heterocycles. The molecule has 30 heavy (non-hydrogen) atoms. The Morgan fingerprint density at radius 1 is 1.10 bits per heavy atom. The molecule has 1 N–H and O–H groups in total. The minimum atomic E-state index is -0.347. The predicted molar refractivity (Wildman–Crippen MR) is 116 cm³/mol. The number of halogens is 1. The lowest BCUT2D eigenvalue weighted by Gasteiger charge is -2.29. The third kappa shape index (κ3) is 5.36. The normalized spacial score (nSPS) is 12.8. The summed E-state index contributed by atoms with van der Waals surface area (Å²) in [5.41, 5.74) is 1.03. The maximum atomic E-state index is 12.7. The van der Waals surface area contributed by atoms with Crippen molar-refractivity contribution in [3.8, 4) is 17.2 Å². The molecule has 0 spiro atoms. The summed E-state index contributed by atoms with van der Waals surface area (Å²) in [4.78, 5) is 26.3. The van der Waals surface area contributed by atoms with Crippen LogP contribution in [0.1, 0.15) is 26.7 Å². The number of amides is 2. The molecule has 0 atom stereocenters. The highest BCUT2D eigenvalue weighted by Crippen LogP contribution is 2.34. The molecule has 7 nitrogen and oxygen atoms in total. The molecule has 1 heterocycles. The third-order valence-electron chi connectivity index (χ3n) is 4.32. The summed E-state index contributed by atoms with van der Waals surface area (Å²) < 4.78 is 16.9. The third-order valence-corrected chi connectivity index (χ3v) is 4.55. The van der Waals surface area contributed by atoms with Gasteiger partial charge in [0, 0.05) is 16.8 Å². The molecule has 0 aliphatic carbocycles. The van der Waals surface area contributed by atoms with Crippen LogP contribution in [0.15, 0.2) is 36.4 Å². The van der Waals surface area contributed by atoms with Crippen LogP contribution >= 0.6 is 11.6 Å². The number of benzene rings is 2. The van der Waals surface area contributed by atoms with Crippen molar-refractivity contribution in [3.05, 3.63) is 41.4 Å². The first-order valence-electron chi connectivity index (χ1n) is 9.94. The van der Waals surface area contributed by atoms with E-state index in [0.29, 0.717) is 46.9 Å². The molecule has 2 aromatic carbocycles. The van der Waals surface area contributed by atoms with E-state index < -0.39 is 0 Å². The fourth-order valence-electron chi connectivity index (χ4n) is 2.93. The number of carbonyl (C=O) groups excluding carboxylic acids is 2. The number of hydrogen-bond donors (Lipinski definition) is 1. The summed E-state index contributed by atoms with van der Waals surface area (Å²) in [6.45, 7) is 4.88. The van der Waals surface area contributed by atoms with Gasteiger partial charge >= 0.3 is 0 Å². The molecule has 8 heteroatoms. The number of nitrogens with zero attached hydrogens (tertiary/aromatic N) is 1. The van der Waals surface area contributed by atoms with Crippen molar-refractivity contribution >= 4 is 34.8 Å². The van der Waals surface area contributed by atoms with Gasteiger partial charge in [0.2, 0.25) is 5.91 Å². The summed E-state index contributed by atoms with van der Waals surface area (Å²) in [5.74, 6) is 1.06. The lowest BCUT2D eigenvalue weighted by Crippen LogP contribution is -2.43. The van der Waals surface area contributed by atoms with Gasteiger partial charge in [0.25, 0.3) is 5.91 Å². The van der Waals surface area contributed by atoms with Crippen LogP contribution in [0.5, 0.6) is 17.2 Å². The lowest BCUT2D eigenvalue weighted by atomic mass is 10.2. The van der Waals surface area contributed by atoms with Crippen molar-refractivity contribution in [3.63, 3.8) is 0 Å². The van der Waals surface area contributed by atoms with E-state index in [1.165, 1.54) is 4.90 Å². The van der Waals surface area contributed by atoms with Crippen LogP contribution in [0.2, 0.25) is 5.02 Å².